The van der Waals surface area contributed by atoms with Crippen molar-refractivity contribution in [3.8, 4) is 0 Å². The number of thiophene rings is 1. The Bertz CT molecular complexity index is 282. The molecule has 1 aliphatic carbocycles. The molecule has 0 aromatic carbocycles. The Morgan fingerprint density at radius 3 is 3.25 bits per heavy atom. The van der Waals surface area contributed by atoms with Gasteiger partial charge in [0.25, 0.3) is 0 Å². The Balaban J connectivity index is 2.26. The first kappa shape index (κ1) is 8.73. The molecule has 2 N–H and O–H groups in total. The van der Waals surface area contributed by atoms with Crippen molar-refractivity contribution in [1.82, 2.24) is 0 Å². The van der Waals surface area contributed by atoms with E-state index in [0.717, 1.165) is 6.54 Å². The van der Waals surface area contributed by atoms with Gasteiger partial charge in [-0.15, -0.1) is 11.3 Å². The number of rotatable bonds is 1. The summed E-state index contributed by atoms with van der Waals surface area (Å²) in [6.07, 6.45) is 3.67. The van der Waals surface area contributed by atoms with Crippen molar-refractivity contribution in [1.29, 1.82) is 0 Å². The molecular formula is C9H12BrNS. The van der Waals surface area contributed by atoms with Crippen molar-refractivity contribution in [2.24, 2.45) is 11.7 Å². The second kappa shape index (κ2) is 3.48. The topological polar surface area (TPSA) is 26.0 Å². The lowest BCUT2D eigenvalue weighted by Gasteiger charge is -2.20. The van der Waals surface area contributed by atoms with Crippen LogP contribution in [0.1, 0.15) is 17.5 Å². The van der Waals surface area contributed by atoms with Crippen LogP contribution >= 0.6 is 27.3 Å². The van der Waals surface area contributed by atoms with Gasteiger partial charge < -0.3 is 5.73 Å². The zero-order chi connectivity index (χ0) is 8.55. The molecule has 0 radical (unpaired) electrons. The van der Waals surface area contributed by atoms with Crippen LogP contribution in [0.15, 0.2) is 9.17 Å². The van der Waals surface area contributed by atoms with Gasteiger partial charge in [-0.2, -0.15) is 0 Å². The molecule has 1 nitrogen and oxygen atoms in total. The normalized spacial score (nSPS) is 22.3. The number of nitrogens with two attached hydrogens (primary N) is 1. The van der Waals surface area contributed by atoms with Gasteiger partial charge in [-0.3, -0.25) is 0 Å². The first-order valence-corrected chi connectivity index (χ1v) is 5.93. The van der Waals surface area contributed by atoms with Gasteiger partial charge >= 0.3 is 0 Å². The predicted octanol–water partition coefficient (Wildman–Crippen LogP) is 2.57. The third kappa shape index (κ3) is 1.45. The van der Waals surface area contributed by atoms with E-state index in [1.165, 1.54) is 34.2 Å². The number of fused-ring (bicyclic) bond motifs is 1. The molecule has 1 aliphatic rings. The zero-order valence-electron chi connectivity index (χ0n) is 6.85. The number of hydrogen-bond acceptors (Lipinski definition) is 2. The Kier molecular flexibility index (Phi) is 2.53. The summed E-state index contributed by atoms with van der Waals surface area (Å²) in [7, 11) is 0. The minimum Gasteiger partial charge on any atom is -0.330 e. The molecule has 3 heteroatoms. The van der Waals surface area contributed by atoms with Gasteiger partial charge in [0.2, 0.25) is 0 Å². The molecule has 1 heterocycles. The van der Waals surface area contributed by atoms with Crippen LogP contribution in [0, 0.1) is 5.92 Å². The number of hydrogen-bond donors (Lipinski definition) is 1. The summed E-state index contributed by atoms with van der Waals surface area (Å²) in [5.41, 5.74) is 8.72. The Hall–Kier alpha value is 0.140. The number of aryl methyl sites for hydroxylation is 1. The van der Waals surface area contributed by atoms with E-state index in [2.05, 4.69) is 21.3 Å². The maximum Gasteiger partial charge on any atom is 0.0733 e. The average molecular weight is 246 g/mol. The van der Waals surface area contributed by atoms with Crippen LogP contribution in [-0.2, 0) is 12.8 Å². The zero-order valence-corrected chi connectivity index (χ0v) is 9.25. The lowest BCUT2D eigenvalue weighted by atomic mass is 9.86. The summed E-state index contributed by atoms with van der Waals surface area (Å²) in [5, 5.41) is 2.27. The molecule has 0 saturated carbocycles. The molecule has 66 valence electrons. The molecule has 2 rings (SSSR count). The first-order chi connectivity index (χ1) is 5.81. The monoisotopic (exact) mass is 245 g/mol. The fraction of sp³-hybridized carbons (Fsp3) is 0.556. The molecular weight excluding hydrogens is 234 g/mol. The van der Waals surface area contributed by atoms with Gasteiger partial charge in [-0.05, 0) is 64.2 Å². The molecule has 0 saturated heterocycles. The standard InChI is InChI=1S/C9H12BrNS/c10-9-8-3-6(4-11)1-2-7(8)5-12-9/h5-6H,1-4,11H2. The average Bonchev–Trinajstić information content (AvgIpc) is 2.47. The second-order valence-corrected chi connectivity index (χ2v) is 5.56. The lowest BCUT2D eigenvalue weighted by molar-refractivity contribution is 0.470. The van der Waals surface area contributed by atoms with E-state index in [1.807, 2.05) is 11.3 Å². The minimum absolute atomic E-state index is 0.711. The third-order valence-electron chi connectivity index (χ3n) is 2.58. The fourth-order valence-electron chi connectivity index (χ4n) is 1.76. The van der Waals surface area contributed by atoms with Gasteiger partial charge in [-0.1, -0.05) is 0 Å². The van der Waals surface area contributed by atoms with Gasteiger partial charge in [0.1, 0.15) is 0 Å². The SMILES string of the molecule is NCC1CCc2csc(Br)c2C1. The van der Waals surface area contributed by atoms with Crippen LogP contribution in [0.4, 0.5) is 0 Å². The third-order valence-corrected chi connectivity index (χ3v) is 4.47. The van der Waals surface area contributed by atoms with Gasteiger partial charge in [-0.25, -0.2) is 0 Å². The smallest absolute Gasteiger partial charge is 0.0733 e. The van der Waals surface area contributed by atoms with E-state index in [9.17, 15) is 0 Å². The highest BCUT2D eigenvalue weighted by Crippen LogP contribution is 2.35. The van der Waals surface area contributed by atoms with Crippen molar-refractivity contribution >= 4 is 27.3 Å². The molecule has 0 amide bonds. The molecule has 0 spiro atoms. The highest BCUT2D eigenvalue weighted by Gasteiger charge is 2.20. The Morgan fingerprint density at radius 1 is 1.67 bits per heavy atom. The molecule has 0 aliphatic heterocycles. The minimum atomic E-state index is 0.711. The highest BCUT2D eigenvalue weighted by atomic mass is 79.9. The number of halogens is 1. The maximum atomic E-state index is 5.67. The summed E-state index contributed by atoms with van der Waals surface area (Å²) in [4.78, 5) is 0. The van der Waals surface area contributed by atoms with Crippen LogP contribution in [0.5, 0.6) is 0 Å². The second-order valence-electron chi connectivity index (χ2n) is 3.36. The molecule has 12 heavy (non-hydrogen) atoms. The van der Waals surface area contributed by atoms with E-state index in [1.54, 1.807) is 0 Å². The molecule has 0 fully saturated rings. The lowest BCUT2D eigenvalue weighted by Crippen LogP contribution is -2.21. The van der Waals surface area contributed by atoms with E-state index in [-0.39, 0.29) is 0 Å². The van der Waals surface area contributed by atoms with Crippen LogP contribution in [0.2, 0.25) is 0 Å². The Morgan fingerprint density at radius 2 is 2.50 bits per heavy atom. The first-order valence-electron chi connectivity index (χ1n) is 4.26. The highest BCUT2D eigenvalue weighted by molar-refractivity contribution is 9.11. The Labute approximate surface area is 85.1 Å². The van der Waals surface area contributed by atoms with Gasteiger partial charge in [0.05, 0.1) is 3.79 Å². The van der Waals surface area contributed by atoms with Gasteiger partial charge in [0, 0.05) is 0 Å². The van der Waals surface area contributed by atoms with Crippen molar-refractivity contribution in [3.63, 3.8) is 0 Å². The molecule has 1 atom stereocenters. The van der Waals surface area contributed by atoms with Crippen LogP contribution in [-0.4, -0.2) is 6.54 Å². The summed E-state index contributed by atoms with van der Waals surface area (Å²) in [5.74, 6) is 0.711. The summed E-state index contributed by atoms with van der Waals surface area (Å²) in [6, 6.07) is 0. The van der Waals surface area contributed by atoms with E-state index < -0.39 is 0 Å². The van der Waals surface area contributed by atoms with Gasteiger partial charge in [0.15, 0.2) is 0 Å². The van der Waals surface area contributed by atoms with Crippen molar-refractivity contribution < 1.29 is 0 Å². The van der Waals surface area contributed by atoms with Crippen LogP contribution < -0.4 is 5.73 Å². The molecule has 1 aromatic heterocycles. The predicted molar refractivity (Wildman–Crippen MR) is 56.6 cm³/mol. The summed E-state index contributed by atoms with van der Waals surface area (Å²) >= 11 is 5.39. The maximum absolute atomic E-state index is 5.67. The van der Waals surface area contributed by atoms with Crippen molar-refractivity contribution in [2.75, 3.05) is 6.54 Å². The van der Waals surface area contributed by atoms with E-state index in [4.69, 9.17) is 5.73 Å². The summed E-state index contributed by atoms with van der Waals surface area (Å²) in [6.45, 7) is 0.835. The van der Waals surface area contributed by atoms with E-state index >= 15 is 0 Å². The molecule has 1 aromatic rings. The fourth-order valence-corrected chi connectivity index (χ4v) is 3.32. The molecule has 0 bridgehead atoms. The largest absolute Gasteiger partial charge is 0.330 e. The molecule has 1 unspecified atom stereocenters. The van der Waals surface area contributed by atoms with Crippen molar-refractivity contribution in [3.05, 3.63) is 20.3 Å². The quantitative estimate of drug-likeness (QED) is 0.809. The van der Waals surface area contributed by atoms with E-state index in [0.29, 0.717) is 5.92 Å². The van der Waals surface area contributed by atoms with Crippen LogP contribution in [0.25, 0.3) is 0 Å². The van der Waals surface area contributed by atoms with Crippen molar-refractivity contribution in [2.45, 2.75) is 19.3 Å². The van der Waals surface area contributed by atoms with Crippen LogP contribution in [0.3, 0.4) is 0 Å². The summed E-state index contributed by atoms with van der Waals surface area (Å²) < 4.78 is 1.32.